The highest BCUT2D eigenvalue weighted by Gasteiger charge is 2.40. The summed E-state index contributed by atoms with van der Waals surface area (Å²) in [5.74, 6) is 1.36. The molecule has 1 aromatic carbocycles. The largest absolute Gasteiger partial charge is 0.497 e. The maximum absolute atomic E-state index is 13.6. The lowest BCUT2D eigenvalue weighted by molar-refractivity contribution is -0.122. The van der Waals surface area contributed by atoms with Crippen molar-refractivity contribution in [3.05, 3.63) is 57.9 Å². The van der Waals surface area contributed by atoms with E-state index in [0.717, 1.165) is 34.1 Å². The molecule has 1 aliphatic rings. The quantitative estimate of drug-likeness (QED) is 0.463. The highest BCUT2D eigenvalue weighted by Crippen LogP contribution is 2.49. The van der Waals surface area contributed by atoms with Crippen LogP contribution in [0.3, 0.4) is 0 Å². The van der Waals surface area contributed by atoms with Crippen molar-refractivity contribution in [3.8, 4) is 11.4 Å². The number of hydrogen-bond donors (Lipinski definition) is 1. The van der Waals surface area contributed by atoms with Crippen LogP contribution >= 0.6 is 23.1 Å². The maximum Gasteiger partial charge on any atom is 0.240 e. The number of amides is 2. The zero-order valence-electron chi connectivity index (χ0n) is 22.3. The first kappa shape index (κ1) is 27.2. The summed E-state index contributed by atoms with van der Waals surface area (Å²) < 4.78 is 7.18. The van der Waals surface area contributed by atoms with Gasteiger partial charge in [-0.1, -0.05) is 26.8 Å². The molecule has 3 heterocycles. The Morgan fingerprint density at radius 3 is 2.54 bits per heavy atom. The fraction of sp³-hybridized carbons (Fsp3) is 0.444. The van der Waals surface area contributed by atoms with E-state index in [2.05, 4.69) is 37.5 Å². The van der Waals surface area contributed by atoms with E-state index >= 15 is 0 Å². The molecule has 198 valence electrons. The van der Waals surface area contributed by atoms with E-state index in [1.807, 2.05) is 54.0 Å². The number of benzene rings is 1. The van der Waals surface area contributed by atoms with E-state index in [0.29, 0.717) is 12.4 Å². The monoisotopic (exact) mass is 541 g/mol. The van der Waals surface area contributed by atoms with Crippen molar-refractivity contribution in [2.45, 2.75) is 31.4 Å². The Labute approximate surface area is 227 Å². The second-order valence-corrected chi connectivity index (χ2v) is 12.4. The first-order valence-electron chi connectivity index (χ1n) is 12.2. The zero-order valence-corrected chi connectivity index (χ0v) is 23.9. The number of nitrogens with zero attached hydrogens (tertiary/aromatic N) is 4. The summed E-state index contributed by atoms with van der Waals surface area (Å²) in [6.07, 6.45) is 0. The molecule has 1 N–H and O–H groups in total. The molecule has 2 amide bonds. The predicted molar refractivity (Wildman–Crippen MR) is 151 cm³/mol. The Kier molecular flexibility index (Phi) is 8.30. The minimum Gasteiger partial charge on any atom is -0.497 e. The molecule has 0 radical (unpaired) electrons. The summed E-state index contributed by atoms with van der Waals surface area (Å²) in [5, 5.41) is 10.1. The highest BCUT2D eigenvalue weighted by molar-refractivity contribution is 8.00. The summed E-state index contributed by atoms with van der Waals surface area (Å²) in [4.78, 5) is 31.4. The van der Waals surface area contributed by atoms with Crippen LogP contribution in [-0.4, -0.2) is 73.1 Å². The topological polar surface area (TPSA) is 79.7 Å². The van der Waals surface area contributed by atoms with E-state index in [9.17, 15) is 9.59 Å². The minimum atomic E-state index is -0.287. The van der Waals surface area contributed by atoms with E-state index in [1.165, 1.54) is 0 Å². The van der Waals surface area contributed by atoms with E-state index in [4.69, 9.17) is 9.84 Å². The van der Waals surface area contributed by atoms with Crippen molar-refractivity contribution in [2.75, 3.05) is 51.5 Å². The number of thioether (sulfide) groups is 1. The van der Waals surface area contributed by atoms with E-state index in [-0.39, 0.29) is 34.8 Å². The van der Waals surface area contributed by atoms with Crippen LogP contribution in [0.2, 0.25) is 0 Å². The summed E-state index contributed by atoms with van der Waals surface area (Å²) in [7, 11) is 5.55. The predicted octanol–water partition coefficient (Wildman–Crippen LogP) is 4.09. The molecule has 1 aliphatic heterocycles. The number of nitrogens with one attached hydrogen (secondary N) is 1. The lowest BCUT2D eigenvalue weighted by Crippen LogP contribution is -2.43. The van der Waals surface area contributed by atoms with Gasteiger partial charge in [-0.25, -0.2) is 4.68 Å². The van der Waals surface area contributed by atoms with Gasteiger partial charge in [-0.15, -0.1) is 23.1 Å². The first-order chi connectivity index (χ1) is 17.6. The third-order valence-electron chi connectivity index (χ3n) is 6.10. The molecule has 0 aliphatic carbocycles. The number of ether oxygens (including phenoxy) is 1. The van der Waals surface area contributed by atoms with Crippen LogP contribution < -0.4 is 15.0 Å². The molecule has 37 heavy (non-hydrogen) atoms. The molecule has 4 rings (SSSR count). The van der Waals surface area contributed by atoms with Gasteiger partial charge in [-0.2, -0.15) is 5.10 Å². The van der Waals surface area contributed by atoms with Crippen molar-refractivity contribution in [1.82, 2.24) is 20.0 Å². The molecular formula is C27H35N5O3S2. The molecule has 0 saturated heterocycles. The third kappa shape index (κ3) is 6.02. The standard InChI is InChI=1S/C27H35N5O3S2/c1-27(2,3)25-23-24(20-8-7-15-36-20)37-17-22(34)31(16-21(33)28-13-14-30(4)5)26(23)32(29-25)18-9-11-19(35-6)12-10-18/h7-12,15,24H,13-14,16-17H2,1-6H3,(H,28,33)/t24-/m1/s1. The first-order valence-corrected chi connectivity index (χ1v) is 14.2. The number of rotatable bonds is 8. The van der Waals surface area contributed by atoms with Crippen molar-refractivity contribution in [3.63, 3.8) is 0 Å². The molecule has 10 heteroatoms. The molecular weight excluding hydrogens is 506 g/mol. The number of hydrogen-bond acceptors (Lipinski definition) is 7. The fourth-order valence-corrected chi connectivity index (χ4v) is 6.44. The molecule has 0 fully saturated rings. The number of carbonyl (C=O) groups is 2. The molecule has 0 saturated carbocycles. The van der Waals surface area contributed by atoms with Crippen LogP contribution in [-0.2, 0) is 15.0 Å². The van der Waals surface area contributed by atoms with Crippen LogP contribution in [0.25, 0.3) is 5.69 Å². The highest BCUT2D eigenvalue weighted by atomic mass is 32.2. The molecule has 0 spiro atoms. The van der Waals surface area contributed by atoms with E-state index in [1.54, 1.807) is 35.1 Å². The summed E-state index contributed by atoms with van der Waals surface area (Å²) in [6.45, 7) is 7.57. The van der Waals surface area contributed by atoms with Crippen LogP contribution in [0.5, 0.6) is 5.75 Å². The summed E-state index contributed by atoms with van der Waals surface area (Å²) >= 11 is 3.27. The lowest BCUT2D eigenvalue weighted by atomic mass is 9.88. The van der Waals surface area contributed by atoms with Crippen LogP contribution in [0.4, 0.5) is 5.82 Å². The number of aromatic nitrogens is 2. The van der Waals surface area contributed by atoms with Gasteiger partial charge in [-0.05, 0) is 49.8 Å². The Bertz CT molecular complexity index is 1230. The average Bonchev–Trinajstić information content (AvgIpc) is 3.49. The van der Waals surface area contributed by atoms with Gasteiger partial charge in [0.1, 0.15) is 18.1 Å². The minimum absolute atomic E-state index is 0.0671. The summed E-state index contributed by atoms with van der Waals surface area (Å²) in [6, 6.07) is 11.8. The number of anilines is 1. The second kappa shape index (κ2) is 11.3. The van der Waals surface area contributed by atoms with Crippen LogP contribution in [0, 0.1) is 0 Å². The number of carbonyl (C=O) groups excluding carboxylic acids is 2. The lowest BCUT2D eigenvalue weighted by Gasteiger charge is -2.24. The SMILES string of the molecule is COc1ccc(-n2nc(C(C)(C)C)c3c2N(CC(=O)NCCN(C)C)C(=O)CS[C@@H]3c2cccs2)cc1. The van der Waals surface area contributed by atoms with Gasteiger partial charge in [0, 0.05) is 28.9 Å². The molecule has 8 nitrogen and oxygen atoms in total. The normalized spacial score (nSPS) is 16.0. The third-order valence-corrected chi connectivity index (χ3v) is 8.42. The van der Waals surface area contributed by atoms with Gasteiger partial charge in [-0.3, -0.25) is 14.5 Å². The number of likely N-dealkylation sites (N-methyl/N-ethyl adjacent to an activating group) is 1. The van der Waals surface area contributed by atoms with Crippen LogP contribution in [0.15, 0.2) is 41.8 Å². The maximum atomic E-state index is 13.6. The Morgan fingerprint density at radius 1 is 1.22 bits per heavy atom. The van der Waals surface area contributed by atoms with Crippen molar-refractivity contribution in [1.29, 1.82) is 0 Å². The van der Waals surface area contributed by atoms with Gasteiger partial charge in [0.2, 0.25) is 11.8 Å². The summed E-state index contributed by atoms with van der Waals surface area (Å²) in [5.41, 5.74) is 2.42. The fourth-order valence-electron chi connectivity index (χ4n) is 4.26. The Hall–Kier alpha value is -2.82. The van der Waals surface area contributed by atoms with E-state index < -0.39 is 0 Å². The zero-order chi connectivity index (χ0) is 26.7. The Morgan fingerprint density at radius 2 is 1.95 bits per heavy atom. The van der Waals surface area contributed by atoms with Crippen molar-refractivity contribution >= 4 is 40.7 Å². The van der Waals surface area contributed by atoms with Crippen molar-refractivity contribution < 1.29 is 14.3 Å². The van der Waals surface area contributed by atoms with Gasteiger partial charge < -0.3 is 15.0 Å². The van der Waals surface area contributed by atoms with Crippen molar-refractivity contribution in [2.24, 2.45) is 0 Å². The van der Waals surface area contributed by atoms with Gasteiger partial charge in [0.15, 0.2) is 0 Å². The number of methoxy groups -OCH3 is 1. The molecule has 3 aromatic rings. The second-order valence-electron chi connectivity index (χ2n) is 10.3. The smallest absolute Gasteiger partial charge is 0.240 e. The number of thiophene rings is 1. The number of fused-ring (bicyclic) bond motifs is 1. The molecule has 1 atom stereocenters. The van der Waals surface area contributed by atoms with Gasteiger partial charge in [0.05, 0.1) is 29.5 Å². The molecule has 0 bridgehead atoms. The average molecular weight is 542 g/mol. The Balaban J connectivity index is 1.88. The molecule has 2 aromatic heterocycles. The van der Waals surface area contributed by atoms with Gasteiger partial charge in [0.25, 0.3) is 0 Å². The molecule has 0 unspecified atom stereocenters. The van der Waals surface area contributed by atoms with Gasteiger partial charge >= 0.3 is 0 Å². The van der Waals surface area contributed by atoms with Crippen LogP contribution in [0.1, 0.15) is 42.2 Å².